The fourth-order valence-electron chi connectivity index (χ4n) is 5.89. The van der Waals surface area contributed by atoms with E-state index < -0.39 is 11.6 Å². The maximum absolute atomic E-state index is 15.5. The predicted octanol–water partition coefficient (Wildman–Crippen LogP) is 4.89. The number of anilines is 1. The molecule has 7 rings (SSSR count). The first-order valence-electron chi connectivity index (χ1n) is 12.0. The Hall–Kier alpha value is -4.43. The van der Waals surface area contributed by atoms with E-state index in [0.29, 0.717) is 33.9 Å². The Bertz CT molecular complexity index is 1720. The second-order valence-corrected chi connectivity index (χ2v) is 9.64. The summed E-state index contributed by atoms with van der Waals surface area (Å²) < 4.78 is 37.0. The lowest BCUT2D eigenvalue weighted by Crippen LogP contribution is -2.48. The van der Waals surface area contributed by atoms with Crippen molar-refractivity contribution in [2.45, 2.75) is 43.8 Å². The van der Waals surface area contributed by atoms with Gasteiger partial charge in [-0.25, -0.2) is 28.2 Å². The van der Waals surface area contributed by atoms with Crippen molar-refractivity contribution in [1.82, 2.24) is 24.7 Å². The molecule has 2 saturated heterocycles. The zero-order valence-corrected chi connectivity index (χ0v) is 19.5. The number of rotatable bonds is 3. The molecule has 3 aromatic heterocycles. The average molecular weight is 498 g/mol. The molecule has 2 atom stereocenters. The Labute approximate surface area is 209 Å². The second kappa shape index (κ2) is 8.04. The van der Waals surface area contributed by atoms with Crippen molar-refractivity contribution in [3.8, 4) is 22.4 Å². The van der Waals surface area contributed by atoms with E-state index in [9.17, 15) is 4.39 Å². The van der Waals surface area contributed by atoms with Crippen molar-refractivity contribution in [2.24, 2.45) is 5.73 Å². The van der Waals surface area contributed by atoms with Gasteiger partial charge >= 0.3 is 0 Å². The SMILES string of the molecule is [C-]#[N+]c1ccc(-c2nc(N3C4CCC3CC(N)C4)n3ccnc3c2-c2cc3nonc3cc2F)cc1F. The van der Waals surface area contributed by atoms with Gasteiger partial charge in [-0.15, -0.1) is 0 Å². The second-order valence-electron chi connectivity index (χ2n) is 9.64. The molecular weight excluding hydrogens is 478 g/mol. The van der Waals surface area contributed by atoms with Gasteiger partial charge in [0.05, 0.1) is 17.8 Å². The summed E-state index contributed by atoms with van der Waals surface area (Å²) in [7, 11) is 0. The first kappa shape index (κ1) is 21.8. The molecule has 0 radical (unpaired) electrons. The largest absolute Gasteiger partial charge is 0.336 e. The van der Waals surface area contributed by atoms with Gasteiger partial charge in [-0.05, 0) is 48.1 Å². The Morgan fingerprint density at radius 1 is 1.03 bits per heavy atom. The summed E-state index contributed by atoms with van der Waals surface area (Å²) in [5.41, 5.74) is 8.66. The Morgan fingerprint density at radius 2 is 1.78 bits per heavy atom. The van der Waals surface area contributed by atoms with Crippen LogP contribution in [0.2, 0.25) is 0 Å². The average Bonchev–Trinajstić information content (AvgIpc) is 3.61. The highest BCUT2D eigenvalue weighted by Gasteiger charge is 2.42. The monoisotopic (exact) mass is 498 g/mol. The van der Waals surface area contributed by atoms with Crippen LogP contribution in [-0.4, -0.2) is 42.8 Å². The fraction of sp³-hybridized carbons (Fsp3) is 0.269. The number of fused-ring (bicyclic) bond motifs is 4. The van der Waals surface area contributed by atoms with Crippen LogP contribution in [0.4, 0.5) is 20.4 Å². The number of nitrogens with zero attached hydrogens (tertiary/aromatic N) is 7. The Kier molecular flexibility index (Phi) is 4.74. The van der Waals surface area contributed by atoms with Crippen LogP contribution in [0.3, 0.4) is 0 Å². The third-order valence-electron chi connectivity index (χ3n) is 7.48. The van der Waals surface area contributed by atoms with E-state index >= 15 is 4.39 Å². The highest BCUT2D eigenvalue weighted by molar-refractivity contribution is 5.94. The quantitative estimate of drug-likeness (QED) is 0.354. The van der Waals surface area contributed by atoms with Crippen LogP contribution < -0.4 is 10.6 Å². The molecule has 0 saturated carbocycles. The van der Waals surface area contributed by atoms with Gasteiger partial charge < -0.3 is 10.6 Å². The molecule has 5 aromatic rings. The van der Waals surface area contributed by atoms with Crippen LogP contribution in [0.5, 0.6) is 0 Å². The van der Waals surface area contributed by atoms with Gasteiger partial charge in [0.15, 0.2) is 0 Å². The first-order chi connectivity index (χ1) is 18.0. The summed E-state index contributed by atoms with van der Waals surface area (Å²) in [5, 5.41) is 7.59. The number of hydrogen-bond donors (Lipinski definition) is 1. The highest BCUT2D eigenvalue weighted by Crippen LogP contribution is 2.43. The molecule has 2 bridgehead atoms. The number of benzene rings is 2. The summed E-state index contributed by atoms with van der Waals surface area (Å²) in [6, 6.07) is 7.65. The van der Waals surface area contributed by atoms with Crippen molar-refractivity contribution >= 4 is 28.3 Å². The van der Waals surface area contributed by atoms with Gasteiger partial charge in [-0.1, -0.05) is 12.1 Å². The van der Waals surface area contributed by atoms with Gasteiger partial charge in [0.2, 0.25) is 11.6 Å². The minimum atomic E-state index is -0.675. The molecule has 5 heterocycles. The molecule has 2 aliphatic rings. The molecule has 0 aliphatic carbocycles. The van der Waals surface area contributed by atoms with E-state index in [2.05, 4.69) is 25.0 Å². The lowest BCUT2D eigenvalue weighted by molar-refractivity contribution is 0.315. The molecule has 2 unspecified atom stereocenters. The molecule has 184 valence electrons. The summed E-state index contributed by atoms with van der Waals surface area (Å²) in [5.74, 6) is -0.582. The highest BCUT2D eigenvalue weighted by atomic mass is 19.1. The molecule has 2 N–H and O–H groups in total. The molecule has 2 aliphatic heterocycles. The third kappa shape index (κ3) is 3.29. The van der Waals surface area contributed by atoms with E-state index in [1.807, 2.05) is 4.40 Å². The molecule has 0 spiro atoms. The number of piperidine rings is 1. The Morgan fingerprint density at radius 3 is 2.51 bits per heavy atom. The zero-order chi connectivity index (χ0) is 25.3. The van der Waals surface area contributed by atoms with Crippen LogP contribution in [0.1, 0.15) is 25.7 Å². The van der Waals surface area contributed by atoms with Gasteiger partial charge in [-0.2, -0.15) is 0 Å². The number of nitrogens with two attached hydrogens (primary N) is 1. The summed E-state index contributed by atoms with van der Waals surface area (Å²) in [6.07, 6.45) is 7.16. The van der Waals surface area contributed by atoms with Gasteiger partial charge in [0.25, 0.3) is 0 Å². The standard InChI is InChI=1S/C26H20F2N8O/c1-30-20-5-2-13(8-19(20)28)24-23(17-11-21-22(12-18(17)27)34-37-33-21)25-31-6-7-35(25)26(32-24)36-15-3-4-16(36)10-14(29)9-15/h2,5-8,11-12,14-16H,3-4,9-10,29H2. The maximum Gasteiger partial charge on any atom is 0.222 e. The first-order valence-corrected chi connectivity index (χ1v) is 12.0. The molecular formula is C26H20F2N8O. The molecule has 0 amide bonds. The van der Waals surface area contributed by atoms with E-state index in [1.54, 1.807) is 18.5 Å². The van der Waals surface area contributed by atoms with E-state index in [1.165, 1.54) is 24.3 Å². The number of halogens is 2. The van der Waals surface area contributed by atoms with Gasteiger partial charge in [-0.3, -0.25) is 4.40 Å². The number of hydrogen-bond acceptors (Lipinski definition) is 7. The van der Waals surface area contributed by atoms with Gasteiger partial charge in [0, 0.05) is 47.7 Å². The van der Waals surface area contributed by atoms with Crippen molar-refractivity contribution in [1.29, 1.82) is 0 Å². The maximum atomic E-state index is 15.5. The predicted molar refractivity (Wildman–Crippen MR) is 132 cm³/mol. The molecule has 2 fully saturated rings. The van der Waals surface area contributed by atoms with Crippen molar-refractivity contribution in [2.75, 3.05) is 4.90 Å². The molecule has 2 aromatic carbocycles. The lowest BCUT2D eigenvalue weighted by atomic mass is 9.97. The van der Waals surface area contributed by atoms with Crippen LogP contribution in [0.15, 0.2) is 47.4 Å². The van der Waals surface area contributed by atoms with Crippen molar-refractivity contribution in [3.05, 3.63) is 65.8 Å². The zero-order valence-electron chi connectivity index (χ0n) is 19.5. The minimum Gasteiger partial charge on any atom is -0.336 e. The smallest absolute Gasteiger partial charge is 0.222 e. The summed E-state index contributed by atoms with van der Waals surface area (Å²) >= 11 is 0. The van der Waals surface area contributed by atoms with Gasteiger partial charge in [0.1, 0.15) is 28.3 Å². The summed E-state index contributed by atoms with van der Waals surface area (Å²) in [6.45, 7) is 7.22. The molecule has 9 nitrogen and oxygen atoms in total. The van der Waals surface area contributed by atoms with E-state index in [0.717, 1.165) is 25.7 Å². The molecule has 11 heteroatoms. The third-order valence-corrected chi connectivity index (χ3v) is 7.48. The van der Waals surface area contributed by atoms with Crippen LogP contribution >= 0.6 is 0 Å². The number of aromatic nitrogens is 5. The summed E-state index contributed by atoms with van der Waals surface area (Å²) in [4.78, 5) is 15.2. The van der Waals surface area contributed by atoms with Crippen LogP contribution in [0.25, 0.3) is 43.9 Å². The van der Waals surface area contributed by atoms with E-state index in [-0.39, 0.29) is 34.9 Å². The topological polar surface area (TPSA) is 103 Å². The van der Waals surface area contributed by atoms with Crippen molar-refractivity contribution in [3.63, 3.8) is 0 Å². The van der Waals surface area contributed by atoms with Crippen LogP contribution in [-0.2, 0) is 0 Å². The van der Waals surface area contributed by atoms with E-state index in [4.69, 9.17) is 21.9 Å². The lowest BCUT2D eigenvalue weighted by Gasteiger charge is -2.39. The number of imidazole rings is 1. The van der Waals surface area contributed by atoms with Crippen LogP contribution in [0, 0.1) is 18.2 Å². The normalized spacial score (nSPS) is 21.1. The fourth-order valence-corrected chi connectivity index (χ4v) is 5.89. The Balaban J connectivity index is 1.53. The molecule has 37 heavy (non-hydrogen) atoms. The minimum absolute atomic E-state index is 0.100. The van der Waals surface area contributed by atoms with Crippen molar-refractivity contribution < 1.29 is 13.4 Å².